The summed E-state index contributed by atoms with van der Waals surface area (Å²) in [5.74, 6) is 0.739. The second-order valence-electron chi connectivity index (χ2n) is 9.06. The molecule has 1 atom stereocenters. The minimum atomic E-state index is -0.494. The summed E-state index contributed by atoms with van der Waals surface area (Å²) in [5, 5.41) is 13.3. The zero-order valence-electron chi connectivity index (χ0n) is 20.6. The number of methoxy groups -OCH3 is 1. The second kappa shape index (κ2) is 10.0. The zero-order valence-corrected chi connectivity index (χ0v) is 20.6. The fourth-order valence-electron chi connectivity index (χ4n) is 4.89. The maximum Gasteiger partial charge on any atom is 0.289 e. The van der Waals surface area contributed by atoms with Gasteiger partial charge in [0.1, 0.15) is 6.04 Å². The van der Waals surface area contributed by atoms with Crippen LogP contribution in [0.3, 0.4) is 0 Å². The van der Waals surface area contributed by atoms with Crippen LogP contribution in [0.4, 0.5) is 0 Å². The molecule has 0 unspecified atom stereocenters. The maximum absolute atomic E-state index is 13.4. The van der Waals surface area contributed by atoms with Gasteiger partial charge in [-0.25, -0.2) is 4.68 Å². The molecule has 1 aliphatic heterocycles. The number of H-pyrrole nitrogens is 1. The van der Waals surface area contributed by atoms with E-state index in [0.29, 0.717) is 56.5 Å². The van der Waals surface area contributed by atoms with Crippen LogP contribution in [0.1, 0.15) is 39.1 Å². The molecule has 5 rings (SSSR count). The Hall–Kier alpha value is -3.83. The van der Waals surface area contributed by atoms with Crippen LogP contribution < -0.4 is 5.56 Å². The molecule has 0 radical (unpaired) electrons. The van der Waals surface area contributed by atoms with E-state index >= 15 is 0 Å². The smallest absolute Gasteiger partial charge is 0.289 e. The SMILES string of the molecule is COCCn1nnnc1[C@H](c1cc2cc(C)cc(C)c2[nH]c1=O)N1CCN(C(=O)c2ccco2)CC1. The first kappa shape index (κ1) is 23.9. The Morgan fingerprint density at radius 2 is 2.00 bits per heavy atom. The van der Waals surface area contributed by atoms with Crippen LogP contribution in [0.2, 0.25) is 0 Å². The summed E-state index contributed by atoms with van der Waals surface area (Å²) < 4.78 is 12.2. The van der Waals surface area contributed by atoms with Crippen molar-refractivity contribution in [2.24, 2.45) is 0 Å². The number of nitrogens with one attached hydrogen (secondary N) is 1. The number of hydrogen-bond donors (Lipinski definition) is 1. The van der Waals surface area contributed by atoms with Crippen molar-refractivity contribution in [2.45, 2.75) is 26.4 Å². The van der Waals surface area contributed by atoms with Crippen LogP contribution in [0, 0.1) is 13.8 Å². The Morgan fingerprint density at radius 1 is 1.19 bits per heavy atom. The molecule has 1 amide bonds. The third-order valence-electron chi connectivity index (χ3n) is 6.63. The number of nitrogens with zero attached hydrogens (tertiary/aromatic N) is 6. The summed E-state index contributed by atoms with van der Waals surface area (Å²) in [4.78, 5) is 33.2. The Labute approximate surface area is 207 Å². The summed E-state index contributed by atoms with van der Waals surface area (Å²) >= 11 is 0. The third kappa shape index (κ3) is 4.54. The van der Waals surface area contributed by atoms with Crippen molar-refractivity contribution in [2.75, 3.05) is 39.9 Å². The standard InChI is InChI=1S/C25H29N7O4/c1-16-13-17(2)21-18(14-16)15-19(24(33)26-21)22(23-27-28-29-32(23)10-12-35-3)30-6-8-31(9-7-30)25(34)20-5-4-11-36-20/h4-5,11,13-15,22H,6-10,12H2,1-3H3,(H,26,33)/t22-/m0/s1. The number of benzene rings is 1. The Balaban J connectivity index is 1.52. The van der Waals surface area contributed by atoms with E-state index in [9.17, 15) is 9.59 Å². The molecule has 11 nitrogen and oxygen atoms in total. The number of tetrazole rings is 1. The average Bonchev–Trinajstić information content (AvgIpc) is 3.57. The Kier molecular flexibility index (Phi) is 6.66. The van der Waals surface area contributed by atoms with Gasteiger partial charge >= 0.3 is 0 Å². The van der Waals surface area contributed by atoms with Crippen molar-refractivity contribution in [1.29, 1.82) is 0 Å². The number of fused-ring (bicyclic) bond motifs is 1. The quantitative estimate of drug-likeness (QED) is 0.416. The zero-order chi connectivity index (χ0) is 25.2. The minimum Gasteiger partial charge on any atom is -0.459 e. The summed E-state index contributed by atoms with van der Waals surface area (Å²) in [6, 6.07) is 8.93. The molecule has 0 saturated carbocycles. The topological polar surface area (TPSA) is 122 Å². The molecular weight excluding hydrogens is 462 g/mol. The van der Waals surface area contributed by atoms with E-state index < -0.39 is 6.04 Å². The van der Waals surface area contributed by atoms with Crippen LogP contribution in [0.15, 0.2) is 45.8 Å². The predicted octanol–water partition coefficient (Wildman–Crippen LogP) is 1.92. The summed E-state index contributed by atoms with van der Waals surface area (Å²) in [5.41, 5.74) is 3.33. The lowest BCUT2D eigenvalue weighted by Crippen LogP contribution is -2.50. The number of carbonyl (C=O) groups is 1. The largest absolute Gasteiger partial charge is 0.459 e. The van der Waals surface area contributed by atoms with Crippen LogP contribution in [0.25, 0.3) is 10.9 Å². The van der Waals surface area contributed by atoms with Gasteiger partial charge in [0.15, 0.2) is 11.6 Å². The van der Waals surface area contributed by atoms with Gasteiger partial charge in [-0.3, -0.25) is 14.5 Å². The average molecular weight is 492 g/mol. The second-order valence-corrected chi connectivity index (χ2v) is 9.06. The molecule has 11 heteroatoms. The molecule has 188 valence electrons. The summed E-state index contributed by atoms with van der Waals surface area (Å²) in [6.07, 6.45) is 1.49. The van der Waals surface area contributed by atoms with Crippen molar-refractivity contribution in [3.05, 3.63) is 75.2 Å². The molecular formula is C25H29N7O4. The van der Waals surface area contributed by atoms with E-state index in [1.165, 1.54) is 6.26 Å². The van der Waals surface area contributed by atoms with Gasteiger partial charge in [-0.2, -0.15) is 0 Å². The number of ether oxygens (including phenoxy) is 1. The number of rotatable bonds is 7. The molecule has 1 saturated heterocycles. The van der Waals surface area contributed by atoms with E-state index in [4.69, 9.17) is 9.15 Å². The van der Waals surface area contributed by atoms with E-state index in [0.717, 1.165) is 22.0 Å². The molecule has 36 heavy (non-hydrogen) atoms. The van der Waals surface area contributed by atoms with Crippen LogP contribution in [-0.2, 0) is 11.3 Å². The van der Waals surface area contributed by atoms with Gasteiger partial charge in [-0.05, 0) is 59.5 Å². The molecule has 1 aromatic carbocycles. The predicted molar refractivity (Wildman–Crippen MR) is 132 cm³/mol. The van der Waals surface area contributed by atoms with Crippen LogP contribution >= 0.6 is 0 Å². The van der Waals surface area contributed by atoms with Gasteiger partial charge < -0.3 is 19.0 Å². The normalized spacial score (nSPS) is 15.5. The highest BCUT2D eigenvalue weighted by atomic mass is 16.5. The number of amides is 1. The molecule has 3 aromatic heterocycles. The van der Waals surface area contributed by atoms with E-state index in [2.05, 4.69) is 37.5 Å². The third-order valence-corrected chi connectivity index (χ3v) is 6.63. The first-order valence-electron chi connectivity index (χ1n) is 11.9. The monoisotopic (exact) mass is 491 g/mol. The molecule has 1 fully saturated rings. The highest BCUT2D eigenvalue weighted by molar-refractivity contribution is 5.91. The number of aromatic amines is 1. The first-order valence-corrected chi connectivity index (χ1v) is 11.9. The summed E-state index contributed by atoms with van der Waals surface area (Å²) in [6.45, 7) is 6.97. The van der Waals surface area contributed by atoms with E-state index in [1.807, 2.05) is 19.9 Å². The van der Waals surface area contributed by atoms with Crippen LogP contribution in [0.5, 0.6) is 0 Å². The van der Waals surface area contributed by atoms with Gasteiger partial charge in [0, 0.05) is 38.9 Å². The van der Waals surface area contributed by atoms with E-state index in [1.54, 1.807) is 28.8 Å². The molecule has 0 aliphatic carbocycles. The first-order chi connectivity index (χ1) is 17.5. The Morgan fingerprint density at radius 3 is 2.72 bits per heavy atom. The van der Waals surface area contributed by atoms with Gasteiger partial charge in [-0.15, -0.1) is 5.10 Å². The van der Waals surface area contributed by atoms with Crippen molar-refractivity contribution in [3.63, 3.8) is 0 Å². The molecule has 4 aromatic rings. The molecule has 0 bridgehead atoms. The van der Waals surface area contributed by atoms with Gasteiger partial charge in [-0.1, -0.05) is 11.6 Å². The number of furan rings is 1. The minimum absolute atomic E-state index is 0.143. The molecule has 4 heterocycles. The van der Waals surface area contributed by atoms with Crippen LogP contribution in [-0.4, -0.2) is 80.8 Å². The lowest BCUT2D eigenvalue weighted by molar-refractivity contribution is 0.0557. The fraction of sp³-hybridized carbons (Fsp3) is 0.400. The summed E-state index contributed by atoms with van der Waals surface area (Å²) in [7, 11) is 1.62. The molecule has 0 spiro atoms. The van der Waals surface area contributed by atoms with Crippen molar-refractivity contribution < 1.29 is 13.9 Å². The molecule has 1 aliphatic rings. The lowest BCUT2D eigenvalue weighted by atomic mass is 10.00. The van der Waals surface area contributed by atoms with E-state index in [-0.39, 0.29) is 11.5 Å². The molecule has 1 N–H and O–H groups in total. The van der Waals surface area contributed by atoms with Gasteiger partial charge in [0.2, 0.25) is 0 Å². The van der Waals surface area contributed by atoms with Crippen molar-refractivity contribution in [1.82, 2.24) is 35.0 Å². The number of piperazine rings is 1. The number of aromatic nitrogens is 5. The van der Waals surface area contributed by atoms with Crippen molar-refractivity contribution in [3.8, 4) is 0 Å². The van der Waals surface area contributed by atoms with Gasteiger partial charge in [0.05, 0.1) is 24.9 Å². The van der Waals surface area contributed by atoms with Crippen molar-refractivity contribution >= 4 is 16.8 Å². The number of hydrogen-bond acceptors (Lipinski definition) is 8. The highest BCUT2D eigenvalue weighted by Gasteiger charge is 2.34. The number of carbonyl (C=O) groups excluding carboxylic acids is 1. The lowest BCUT2D eigenvalue weighted by Gasteiger charge is -2.38. The maximum atomic E-state index is 13.4. The number of pyridine rings is 1. The Bertz CT molecular complexity index is 1420. The van der Waals surface area contributed by atoms with Gasteiger partial charge in [0.25, 0.3) is 11.5 Å². The highest BCUT2D eigenvalue weighted by Crippen LogP contribution is 2.29. The fourth-order valence-corrected chi connectivity index (χ4v) is 4.89. The number of aryl methyl sites for hydroxylation is 2.